The highest BCUT2D eigenvalue weighted by Crippen LogP contribution is 2.27. The zero-order valence-corrected chi connectivity index (χ0v) is 15.3. The fraction of sp³-hybridized carbons (Fsp3) is 0.500. The highest BCUT2D eigenvalue weighted by atomic mass is 16.6. The van der Waals surface area contributed by atoms with Crippen LogP contribution in [0.2, 0.25) is 0 Å². The molecule has 0 aliphatic carbocycles. The molecule has 1 aromatic rings. The van der Waals surface area contributed by atoms with E-state index in [0.29, 0.717) is 18.6 Å². The molecule has 3 atom stereocenters. The van der Waals surface area contributed by atoms with Gasteiger partial charge in [0.25, 0.3) is 5.69 Å². The standard InChI is InChI=1S/C18H22N2O8/c1-2-28-15(21)9-14(11-3-5-13(6-4-11)20(25)26)16(18(23)24)19-17(22)12-7-8-27-10-12/h3-6,12,14,16H,2,7-10H2,1H3,(H,19,22)(H,23,24)/t12-,14-,16-/m0/s1. The first-order valence-electron chi connectivity index (χ1n) is 8.84. The van der Waals surface area contributed by atoms with Crippen molar-refractivity contribution in [1.29, 1.82) is 0 Å². The second kappa shape index (κ2) is 9.79. The van der Waals surface area contributed by atoms with Crippen LogP contribution in [-0.4, -0.2) is 53.7 Å². The number of benzene rings is 1. The average Bonchev–Trinajstić information content (AvgIpc) is 3.19. The van der Waals surface area contributed by atoms with E-state index in [1.54, 1.807) is 6.92 Å². The summed E-state index contributed by atoms with van der Waals surface area (Å²) < 4.78 is 10.1. The minimum Gasteiger partial charge on any atom is -0.480 e. The van der Waals surface area contributed by atoms with Gasteiger partial charge in [0, 0.05) is 24.7 Å². The summed E-state index contributed by atoms with van der Waals surface area (Å²) in [7, 11) is 0. The first-order valence-corrected chi connectivity index (χ1v) is 8.84. The van der Waals surface area contributed by atoms with Gasteiger partial charge in [-0.3, -0.25) is 19.7 Å². The quantitative estimate of drug-likeness (QED) is 0.361. The van der Waals surface area contributed by atoms with E-state index >= 15 is 0 Å². The molecule has 0 radical (unpaired) electrons. The van der Waals surface area contributed by atoms with Crippen molar-refractivity contribution in [3.8, 4) is 0 Å². The van der Waals surface area contributed by atoms with E-state index in [4.69, 9.17) is 9.47 Å². The van der Waals surface area contributed by atoms with Crippen LogP contribution < -0.4 is 5.32 Å². The maximum atomic E-state index is 12.4. The van der Waals surface area contributed by atoms with Gasteiger partial charge >= 0.3 is 11.9 Å². The number of aliphatic carboxylic acids is 1. The van der Waals surface area contributed by atoms with Gasteiger partial charge in [0.1, 0.15) is 6.04 Å². The molecular weight excluding hydrogens is 372 g/mol. The summed E-state index contributed by atoms with van der Waals surface area (Å²) in [6.07, 6.45) is 0.183. The summed E-state index contributed by atoms with van der Waals surface area (Å²) in [4.78, 5) is 46.5. The van der Waals surface area contributed by atoms with Crippen LogP contribution in [0.15, 0.2) is 24.3 Å². The fourth-order valence-electron chi connectivity index (χ4n) is 3.02. The monoisotopic (exact) mass is 394 g/mol. The molecule has 152 valence electrons. The number of nitrogens with zero attached hydrogens (tertiary/aromatic N) is 1. The second-order valence-corrected chi connectivity index (χ2v) is 6.35. The number of hydrogen-bond donors (Lipinski definition) is 2. The molecule has 1 saturated heterocycles. The highest BCUT2D eigenvalue weighted by molar-refractivity contribution is 5.86. The van der Waals surface area contributed by atoms with Crippen molar-refractivity contribution < 1.29 is 33.9 Å². The lowest BCUT2D eigenvalue weighted by atomic mass is 9.87. The van der Waals surface area contributed by atoms with E-state index in [1.165, 1.54) is 24.3 Å². The lowest BCUT2D eigenvalue weighted by molar-refractivity contribution is -0.384. The summed E-state index contributed by atoms with van der Waals surface area (Å²) in [5, 5.41) is 23.0. The molecule has 2 rings (SSSR count). The minimum atomic E-state index is -1.40. The van der Waals surface area contributed by atoms with Crippen molar-refractivity contribution in [2.45, 2.75) is 31.7 Å². The third-order valence-corrected chi connectivity index (χ3v) is 4.49. The maximum Gasteiger partial charge on any atom is 0.326 e. The Labute approximate surface area is 161 Å². The number of rotatable bonds is 9. The summed E-state index contributed by atoms with van der Waals surface area (Å²) in [5.74, 6) is -3.83. The number of nitro groups is 1. The topological polar surface area (TPSA) is 145 Å². The Morgan fingerprint density at radius 3 is 2.54 bits per heavy atom. The summed E-state index contributed by atoms with van der Waals surface area (Å²) >= 11 is 0. The Hall–Kier alpha value is -3.01. The number of hydrogen-bond acceptors (Lipinski definition) is 7. The van der Waals surface area contributed by atoms with E-state index in [-0.39, 0.29) is 25.3 Å². The zero-order chi connectivity index (χ0) is 20.7. The van der Waals surface area contributed by atoms with Gasteiger partial charge in [0.15, 0.2) is 0 Å². The Kier molecular flexibility index (Phi) is 7.44. The molecule has 1 fully saturated rings. The molecule has 10 nitrogen and oxygen atoms in total. The number of ether oxygens (including phenoxy) is 2. The molecule has 2 N–H and O–H groups in total. The average molecular weight is 394 g/mol. The van der Waals surface area contributed by atoms with Crippen LogP contribution >= 0.6 is 0 Å². The van der Waals surface area contributed by atoms with Crippen LogP contribution in [0.1, 0.15) is 31.2 Å². The largest absolute Gasteiger partial charge is 0.480 e. The van der Waals surface area contributed by atoms with E-state index < -0.39 is 40.6 Å². The van der Waals surface area contributed by atoms with Crippen LogP contribution in [0.4, 0.5) is 5.69 Å². The van der Waals surface area contributed by atoms with E-state index in [0.717, 1.165) is 0 Å². The smallest absolute Gasteiger partial charge is 0.326 e. The molecule has 0 aromatic heterocycles. The van der Waals surface area contributed by atoms with Gasteiger partial charge in [-0.05, 0) is 18.9 Å². The van der Waals surface area contributed by atoms with Crippen molar-refractivity contribution in [2.75, 3.05) is 19.8 Å². The number of carbonyl (C=O) groups is 3. The van der Waals surface area contributed by atoms with Crippen molar-refractivity contribution in [2.24, 2.45) is 5.92 Å². The number of nitrogens with one attached hydrogen (secondary N) is 1. The Morgan fingerprint density at radius 2 is 2.04 bits per heavy atom. The van der Waals surface area contributed by atoms with E-state index in [9.17, 15) is 29.6 Å². The lowest BCUT2D eigenvalue weighted by Gasteiger charge is -2.25. The first-order chi connectivity index (χ1) is 13.3. The molecule has 1 amide bonds. The summed E-state index contributed by atoms with van der Waals surface area (Å²) in [6, 6.07) is 3.79. The van der Waals surface area contributed by atoms with Crippen LogP contribution in [0.5, 0.6) is 0 Å². The molecule has 0 unspecified atom stereocenters. The van der Waals surface area contributed by atoms with Gasteiger partial charge < -0.3 is 19.9 Å². The minimum absolute atomic E-state index is 0.120. The molecule has 28 heavy (non-hydrogen) atoms. The van der Waals surface area contributed by atoms with Gasteiger partial charge in [0.05, 0.1) is 30.5 Å². The number of non-ortho nitro benzene ring substituents is 1. The Balaban J connectivity index is 2.29. The maximum absolute atomic E-state index is 12.4. The molecule has 1 heterocycles. The normalized spacial score (nSPS) is 18.1. The number of nitro benzene ring substituents is 1. The van der Waals surface area contributed by atoms with Gasteiger partial charge in [0.2, 0.25) is 5.91 Å². The van der Waals surface area contributed by atoms with Gasteiger partial charge in [-0.25, -0.2) is 4.79 Å². The molecule has 0 saturated carbocycles. The van der Waals surface area contributed by atoms with Crippen LogP contribution in [-0.2, 0) is 23.9 Å². The molecule has 1 aromatic carbocycles. The Bertz CT molecular complexity index is 728. The van der Waals surface area contributed by atoms with Crippen molar-refractivity contribution in [3.63, 3.8) is 0 Å². The SMILES string of the molecule is CCOC(=O)C[C@@H](c1ccc([N+](=O)[O-])cc1)[C@H](NC(=O)[C@H]1CCOC1)C(=O)O. The van der Waals surface area contributed by atoms with Crippen LogP contribution in [0, 0.1) is 16.0 Å². The number of amides is 1. The van der Waals surface area contributed by atoms with Gasteiger partial charge in [-0.1, -0.05) is 12.1 Å². The van der Waals surface area contributed by atoms with Crippen molar-refractivity contribution >= 4 is 23.5 Å². The number of carboxylic acid groups (broad SMARTS) is 1. The first kappa shape index (κ1) is 21.3. The molecule has 1 aliphatic rings. The lowest BCUT2D eigenvalue weighted by Crippen LogP contribution is -2.47. The predicted octanol–water partition coefficient (Wildman–Crippen LogP) is 1.24. The second-order valence-electron chi connectivity index (χ2n) is 6.35. The molecule has 10 heteroatoms. The van der Waals surface area contributed by atoms with Crippen LogP contribution in [0.3, 0.4) is 0 Å². The summed E-state index contributed by atoms with van der Waals surface area (Å²) in [5.41, 5.74) is 0.201. The summed E-state index contributed by atoms with van der Waals surface area (Å²) in [6.45, 7) is 2.37. The van der Waals surface area contributed by atoms with Crippen molar-refractivity contribution in [3.05, 3.63) is 39.9 Å². The van der Waals surface area contributed by atoms with E-state index in [1.807, 2.05) is 0 Å². The van der Waals surface area contributed by atoms with Crippen molar-refractivity contribution in [1.82, 2.24) is 5.32 Å². The highest BCUT2D eigenvalue weighted by Gasteiger charge is 2.35. The zero-order valence-electron chi connectivity index (χ0n) is 15.3. The number of carboxylic acids is 1. The molecular formula is C18H22N2O8. The third-order valence-electron chi connectivity index (χ3n) is 4.49. The third kappa shape index (κ3) is 5.49. The van der Waals surface area contributed by atoms with Gasteiger partial charge in [-0.2, -0.15) is 0 Å². The molecule has 0 bridgehead atoms. The molecule has 1 aliphatic heterocycles. The fourth-order valence-corrected chi connectivity index (χ4v) is 3.02. The number of carbonyl (C=O) groups excluding carboxylic acids is 2. The Morgan fingerprint density at radius 1 is 1.36 bits per heavy atom. The molecule has 0 spiro atoms. The predicted molar refractivity (Wildman–Crippen MR) is 95.6 cm³/mol. The van der Waals surface area contributed by atoms with Gasteiger partial charge in [-0.15, -0.1) is 0 Å². The van der Waals surface area contributed by atoms with Crippen LogP contribution in [0.25, 0.3) is 0 Å². The number of esters is 1. The van der Waals surface area contributed by atoms with E-state index in [2.05, 4.69) is 5.32 Å².